The van der Waals surface area contributed by atoms with Crippen molar-refractivity contribution in [3.63, 3.8) is 0 Å². The third-order valence-electron chi connectivity index (χ3n) is 16.5. The minimum absolute atomic E-state index is 0.0691. The first-order chi connectivity index (χ1) is 39.0. The molecule has 0 aromatic heterocycles. The molecule has 0 amide bonds. The number of carbonyl (C=O) groups excluding carboxylic acids is 3. The fraction of sp³-hybridized carbons (Fsp3) is 0.904. The number of allylic oxidation sites excluding steroid dienone is 4. The lowest BCUT2D eigenvalue weighted by Crippen LogP contribution is -2.30. The summed E-state index contributed by atoms with van der Waals surface area (Å²) >= 11 is 0. The van der Waals surface area contributed by atoms with Crippen LogP contribution in [0.5, 0.6) is 0 Å². The van der Waals surface area contributed by atoms with Crippen molar-refractivity contribution in [3.05, 3.63) is 24.3 Å². The minimum atomic E-state index is -0.771. The van der Waals surface area contributed by atoms with Gasteiger partial charge in [0.25, 0.3) is 0 Å². The van der Waals surface area contributed by atoms with E-state index in [9.17, 15) is 14.4 Å². The lowest BCUT2D eigenvalue weighted by molar-refractivity contribution is -0.167. The van der Waals surface area contributed by atoms with Gasteiger partial charge >= 0.3 is 17.9 Å². The van der Waals surface area contributed by atoms with Crippen LogP contribution in [-0.4, -0.2) is 37.2 Å². The summed E-state index contributed by atoms with van der Waals surface area (Å²) in [5.74, 6) is -0.856. The van der Waals surface area contributed by atoms with Gasteiger partial charge in [-0.1, -0.05) is 360 Å². The molecule has 0 fully saturated rings. The number of hydrogen-bond donors (Lipinski definition) is 0. The molecule has 0 saturated carbocycles. The second-order valence-corrected chi connectivity index (χ2v) is 24.5. The predicted molar refractivity (Wildman–Crippen MR) is 344 cm³/mol. The summed E-state index contributed by atoms with van der Waals surface area (Å²) in [6.07, 6.45) is 84.0. The summed E-state index contributed by atoms with van der Waals surface area (Å²) in [7, 11) is 0. The monoisotopic (exact) mass is 1110 g/mol. The highest BCUT2D eigenvalue weighted by Gasteiger charge is 2.19. The van der Waals surface area contributed by atoms with Crippen LogP contribution in [0.1, 0.15) is 406 Å². The maximum atomic E-state index is 12.9. The Balaban J connectivity index is 3.94. The Bertz CT molecular complexity index is 1270. The molecule has 0 spiro atoms. The second-order valence-electron chi connectivity index (χ2n) is 24.5. The van der Waals surface area contributed by atoms with Crippen LogP contribution in [0, 0.1) is 0 Å². The van der Waals surface area contributed by atoms with Crippen LogP contribution in [0.4, 0.5) is 0 Å². The minimum Gasteiger partial charge on any atom is -0.462 e. The molecular formula is C73H138O6. The molecule has 0 aliphatic carbocycles. The van der Waals surface area contributed by atoms with Gasteiger partial charge in [0, 0.05) is 19.3 Å². The Morgan fingerprint density at radius 1 is 0.253 bits per heavy atom. The molecule has 0 rings (SSSR count). The van der Waals surface area contributed by atoms with Crippen LogP contribution < -0.4 is 0 Å². The smallest absolute Gasteiger partial charge is 0.306 e. The van der Waals surface area contributed by atoms with Gasteiger partial charge < -0.3 is 14.2 Å². The summed E-state index contributed by atoms with van der Waals surface area (Å²) in [5.41, 5.74) is 0. The number of carbonyl (C=O) groups is 3. The Labute approximate surface area is 493 Å². The van der Waals surface area contributed by atoms with E-state index in [4.69, 9.17) is 14.2 Å². The van der Waals surface area contributed by atoms with Crippen molar-refractivity contribution < 1.29 is 28.6 Å². The molecular weight excluding hydrogens is 973 g/mol. The molecule has 0 aromatic carbocycles. The lowest BCUT2D eigenvalue weighted by atomic mass is 10.0. The van der Waals surface area contributed by atoms with E-state index in [0.29, 0.717) is 19.3 Å². The number of hydrogen-bond acceptors (Lipinski definition) is 6. The van der Waals surface area contributed by atoms with E-state index < -0.39 is 6.10 Å². The zero-order chi connectivity index (χ0) is 57.1. The van der Waals surface area contributed by atoms with Crippen molar-refractivity contribution >= 4 is 17.9 Å². The van der Waals surface area contributed by atoms with Gasteiger partial charge in [0.15, 0.2) is 6.10 Å². The quantitative estimate of drug-likeness (QED) is 0.0261. The van der Waals surface area contributed by atoms with Gasteiger partial charge in [0.2, 0.25) is 0 Å². The molecule has 0 saturated heterocycles. The van der Waals surface area contributed by atoms with Gasteiger partial charge in [0.05, 0.1) is 0 Å². The fourth-order valence-corrected chi connectivity index (χ4v) is 11.1. The first-order valence-corrected chi connectivity index (χ1v) is 35.8. The van der Waals surface area contributed by atoms with Crippen LogP contribution in [0.15, 0.2) is 24.3 Å². The molecule has 0 bridgehead atoms. The molecule has 0 aliphatic heterocycles. The molecule has 79 heavy (non-hydrogen) atoms. The molecule has 0 aromatic rings. The molecule has 6 nitrogen and oxygen atoms in total. The molecule has 1 atom stereocenters. The highest BCUT2D eigenvalue weighted by Crippen LogP contribution is 2.19. The Morgan fingerprint density at radius 2 is 0.456 bits per heavy atom. The van der Waals surface area contributed by atoms with Crippen LogP contribution in [0.25, 0.3) is 0 Å². The van der Waals surface area contributed by atoms with E-state index in [2.05, 4.69) is 45.1 Å². The van der Waals surface area contributed by atoms with E-state index in [0.717, 1.165) is 70.6 Å². The first-order valence-electron chi connectivity index (χ1n) is 35.8. The van der Waals surface area contributed by atoms with Crippen molar-refractivity contribution in [2.45, 2.75) is 412 Å². The average molecular weight is 1110 g/mol. The number of ether oxygens (including phenoxy) is 3. The topological polar surface area (TPSA) is 78.9 Å². The van der Waals surface area contributed by atoms with Crippen LogP contribution in [0.3, 0.4) is 0 Å². The second kappa shape index (κ2) is 68.4. The summed E-state index contributed by atoms with van der Waals surface area (Å²) in [6, 6.07) is 0. The summed E-state index contributed by atoms with van der Waals surface area (Å²) in [6.45, 7) is 6.66. The van der Waals surface area contributed by atoms with E-state index >= 15 is 0 Å². The fourth-order valence-electron chi connectivity index (χ4n) is 11.1. The largest absolute Gasteiger partial charge is 0.462 e. The predicted octanol–water partition coefficient (Wildman–Crippen LogP) is 24.6. The lowest BCUT2D eigenvalue weighted by Gasteiger charge is -2.18. The zero-order valence-corrected chi connectivity index (χ0v) is 53.7. The van der Waals surface area contributed by atoms with Crippen LogP contribution >= 0.6 is 0 Å². The van der Waals surface area contributed by atoms with E-state index in [1.54, 1.807) is 0 Å². The normalized spacial score (nSPS) is 12.1. The molecule has 466 valence electrons. The Kier molecular flexibility index (Phi) is 66.6. The molecule has 0 heterocycles. The molecule has 0 aliphatic rings. The number of unbranched alkanes of at least 4 members (excludes halogenated alkanes) is 52. The van der Waals surface area contributed by atoms with Gasteiger partial charge in [-0.15, -0.1) is 0 Å². The van der Waals surface area contributed by atoms with Crippen molar-refractivity contribution in [3.8, 4) is 0 Å². The molecule has 6 heteroatoms. The van der Waals surface area contributed by atoms with Gasteiger partial charge in [-0.05, 0) is 51.4 Å². The van der Waals surface area contributed by atoms with Crippen LogP contribution in [0.2, 0.25) is 0 Å². The summed E-state index contributed by atoms with van der Waals surface area (Å²) < 4.78 is 16.9. The highest BCUT2D eigenvalue weighted by atomic mass is 16.6. The third-order valence-corrected chi connectivity index (χ3v) is 16.5. The summed E-state index contributed by atoms with van der Waals surface area (Å²) in [4.78, 5) is 38.2. The number of esters is 3. The van der Waals surface area contributed by atoms with Gasteiger partial charge in [-0.2, -0.15) is 0 Å². The van der Waals surface area contributed by atoms with Gasteiger partial charge in [-0.25, -0.2) is 0 Å². The van der Waals surface area contributed by atoms with Crippen molar-refractivity contribution in [1.29, 1.82) is 0 Å². The first kappa shape index (κ1) is 76.9. The van der Waals surface area contributed by atoms with Crippen molar-refractivity contribution in [2.75, 3.05) is 13.2 Å². The van der Waals surface area contributed by atoms with E-state index in [-0.39, 0.29) is 31.1 Å². The molecule has 0 radical (unpaired) electrons. The van der Waals surface area contributed by atoms with Crippen molar-refractivity contribution in [2.24, 2.45) is 0 Å². The standard InChI is InChI=1S/C73H138O6/c1-4-7-10-13-16-19-21-23-25-27-29-30-31-32-33-34-35-36-37-38-39-40-41-42-43-44-45-47-48-50-52-54-57-60-63-66-72(75)78-69-70(68-77-71(74)65-62-59-56-18-15-12-9-6-3)79-73(76)67-64-61-58-55-53-51-49-46-28-26-24-22-20-17-14-11-8-5-2/h20,22,26,28,70H,4-19,21,23-25,27,29-69H2,1-3H3/b22-20-,28-26-. The van der Waals surface area contributed by atoms with Crippen molar-refractivity contribution in [1.82, 2.24) is 0 Å². The maximum absolute atomic E-state index is 12.9. The molecule has 1 unspecified atom stereocenters. The van der Waals surface area contributed by atoms with Gasteiger partial charge in [0.1, 0.15) is 13.2 Å². The highest BCUT2D eigenvalue weighted by molar-refractivity contribution is 5.71. The van der Waals surface area contributed by atoms with E-state index in [1.165, 1.54) is 295 Å². The number of rotatable bonds is 67. The Morgan fingerprint density at radius 3 is 0.709 bits per heavy atom. The molecule has 0 N–H and O–H groups in total. The van der Waals surface area contributed by atoms with E-state index in [1.807, 2.05) is 0 Å². The SMILES string of the molecule is CCCCCC/C=C\C/C=C\CCCCCCCCCC(=O)OC(COC(=O)CCCCCCCCCC)COC(=O)CCCCCCCCCCCCCCCCCCCCCCCCCCCCCCCCCCCCC. The zero-order valence-electron chi connectivity index (χ0n) is 53.7. The van der Waals surface area contributed by atoms with Gasteiger partial charge in [-0.3, -0.25) is 14.4 Å². The summed E-state index contributed by atoms with van der Waals surface area (Å²) in [5, 5.41) is 0. The Hall–Kier alpha value is -2.11. The third kappa shape index (κ3) is 66.6. The average Bonchev–Trinajstić information content (AvgIpc) is 3.45. The van der Waals surface area contributed by atoms with Crippen LogP contribution in [-0.2, 0) is 28.6 Å². The maximum Gasteiger partial charge on any atom is 0.306 e.